The van der Waals surface area contributed by atoms with Gasteiger partial charge in [0.1, 0.15) is 0 Å². The monoisotopic (exact) mass is 375 g/mol. The molecule has 0 bridgehead atoms. The van der Waals surface area contributed by atoms with E-state index in [0.717, 1.165) is 18.7 Å². The zero-order valence-electron chi connectivity index (χ0n) is 16.2. The number of carbonyl (C=O) groups is 2. The molecule has 2 saturated heterocycles. The van der Waals surface area contributed by atoms with Crippen LogP contribution < -0.4 is 19.7 Å². The summed E-state index contributed by atoms with van der Waals surface area (Å²) in [5, 5.41) is 2.99. The minimum absolute atomic E-state index is 0.0345. The predicted octanol–water partition coefficient (Wildman–Crippen LogP) is 1.66. The molecule has 1 atom stereocenters. The average molecular weight is 375 g/mol. The Morgan fingerprint density at radius 3 is 2.63 bits per heavy atom. The highest BCUT2D eigenvalue weighted by atomic mass is 16.5. The molecule has 148 valence electrons. The van der Waals surface area contributed by atoms with Crippen molar-refractivity contribution in [1.82, 2.24) is 10.2 Å². The number of rotatable bonds is 8. The quantitative estimate of drug-likeness (QED) is 0.700. The Labute approximate surface area is 160 Å². The van der Waals surface area contributed by atoms with Gasteiger partial charge < -0.3 is 24.6 Å². The number of amides is 2. The molecular formula is C20H29N3O4. The van der Waals surface area contributed by atoms with E-state index in [0.29, 0.717) is 24.6 Å². The predicted molar refractivity (Wildman–Crippen MR) is 103 cm³/mol. The molecule has 1 aromatic carbocycles. The van der Waals surface area contributed by atoms with Crippen molar-refractivity contribution in [2.45, 2.75) is 25.7 Å². The standard InChI is InChI=1S/C20H29N3O4/c1-26-17-7-6-16(13-18(17)27-2)23-14-15(12-19(23)24)20(25)21-8-5-11-22-9-3-4-10-22/h6-7,13,15H,3-5,8-12,14H2,1-2H3,(H,21,25)/t15-/m1/s1. The molecule has 1 aromatic rings. The van der Waals surface area contributed by atoms with Crippen molar-refractivity contribution in [3.05, 3.63) is 18.2 Å². The number of nitrogens with one attached hydrogen (secondary N) is 1. The van der Waals surface area contributed by atoms with Crippen molar-refractivity contribution >= 4 is 17.5 Å². The smallest absolute Gasteiger partial charge is 0.227 e. The highest BCUT2D eigenvalue weighted by molar-refractivity contribution is 6.00. The van der Waals surface area contributed by atoms with Crippen LogP contribution in [0.15, 0.2) is 18.2 Å². The van der Waals surface area contributed by atoms with Crippen molar-refractivity contribution < 1.29 is 19.1 Å². The Balaban J connectivity index is 1.51. The maximum absolute atomic E-state index is 12.4. The van der Waals surface area contributed by atoms with Crippen molar-refractivity contribution in [3.63, 3.8) is 0 Å². The third kappa shape index (κ3) is 4.71. The molecule has 2 aliphatic rings. The fourth-order valence-electron chi connectivity index (χ4n) is 3.79. The molecule has 2 fully saturated rings. The Bertz CT molecular complexity index is 673. The number of benzene rings is 1. The van der Waals surface area contributed by atoms with E-state index in [1.54, 1.807) is 31.3 Å². The van der Waals surface area contributed by atoms with E-state index in [2.05, 4.69) is 10.2 Å². The summed E-state index contributed by atoms with van der Waals surface area (Å²) >= 11 is 0. The molecule has 0 radical (unpaired) electrons. The number of hydrogen-bond acceptors (Lipinski definition) is 5. The van der Waals surface area contributed by atoms with Crippen molar-refractivity contribution in [2.24, 2.45) is 5.92 Å². The van der Waals surface area contributed by atoms with Gasteiger partial charge in [-0.15, -0.1) is 0 Å². The lowest BCUT2D eigenvalue weighted by molar-refractivity contribution is -0.126. The van der Waals surface area contributed by atoms with Gasteiger partial charge in [-0.3, -0.25) is 9.59 Å². The zero-order valence-corrected chi connectivity index (χ0v) is 16.2. The summed E-state index contributed by atoms with van der Waals surface area (Å²) < 4.78 is 10.5. The number of hydrogen-bond donors (Lipinski definition) is 1. The van der Waals surface area contributed by atoms with Crippen molar-refractivity contribution in [2.75, 3.05) is 51.8 Å². The zero-order chi connectivity index (χ0) is 19.2. The molecule has 2 amide bonds. The van der Waals surface area contributed by atoms with Crippen LogP contribution in [-0.2, 0) is 9.59 Å². The second-order valence-corrected chi connectivity index (χ2v) is 7.14. The number of carbonyl (C=O) groups excluding carboxylic acids is 2. The Hall–Kier alpha value is -2.28. The van der Waals surface area contributed by atoms with E-state index >= 15 is 0 Å². The van der Waals surface area contributed by atoms with E-state index in [1.807, 2.05) is 6.07 Å². The molecule has 2 aliphatic heterocycles. The van der Waals surface area contributed by atoms with Gasteiger partial charge in [0.2, 0.25) is 11.8 Å². The third-order valence-electron chi connectivity index (χ3n) is 5.32. The maximum atomic E-state index is 12.4. The lowest BCUT2D eigenvalue weighted by Crippen LogP contribution is -2.34. The van der Waals surface area contributed by atoms with E-state index < -0.39 is 0 Å². The van der Waals surface area contributed by atoms with Crippen LogP contribution in [0.4, 0.5) is 5.69 Å². The number of ether oxygens (including phenoxy) is 2. The molecule has 7 heteroatoms. The van der Waals surface area contributed by atoms with Gasteiger partial charge in [-0.2, -0.15) is 0 Å². The SMILES string of the molecule is COc1ccc(N2C[C@H](C(=O)NCCCN3CCCC3)CC2=O)cc1OC. The van der Waals surface area contributed by atoms with Crippen LogP contribution in [0, 0.1) is 5.92 Å². The molecule has 27 heavy (non-hydrogen) atoms. The van der Waals surface area contributed by atoms with Crippen LogP contribution in [0.2, 0.25) is 0 Å². The first-order valence-corrected chi connectivity index (χ1v) is 9.65. The van der Waals surface area contributed by atoms with Gasteiger partial charge in [0, 0.05) is 31.3 Å². The van der Waals surface area contributed by atoms with Crippen LogP contribution >= 0.6 is 0 Å². The summed E-state index contributed by atoms with van der Waals surface area (Å²) in [5.74, 6) is 0.794. The summed E-state index contributed by atoms with van der Waals surface area (Å²) in [7, 11) is 3.13. The van der Waals surface area contributed by atoms with Gasteiger partial charge in [-0.1, -0.05) is 0 Å². The molecule has 0 unspecified atom stereocenters. The highest BCUT2D eigenvalue weighted by Gasteiger charge is 2.35. The van der Waals surface area contributed by atoms with E-state index in [9.17, 15) is 9.59 Å². The second kappa shape index (κ2) is 9.08. The average Bonchev–Trinajstić information content (AvgIpc) is 3.34. The van der Waals surface area contributed by atoms with Crippen molar-refractivity contribution in [3.8, 4) is 11.5 Å². The summed E-state index contributed by atoms with van der Waals surface area (Å²) in [6, 6.07) is 5.36. The maximum Gasteiger partial charge on any atom is 0.227 e. The van der Waals surface area contributed by atoms with E-state index in [4.69, 9.17) is 9.47 Å². The van der Waals surface area contributed by atoms with Crippen LogP contribution in [-0.4, -0.2) is 63.7 Å². The Morgan fingerprint density at radius 1 is 1.19 bits per heavy atom. The first-order valence-electron chi connectivity index (χ1n) is 9.65. The van der Waals surface area contributed by atoms with Gasteiger partial charge in [0.05, 0.1) is 20.1 Å². The third-order valence-corrected chi connectivity index (χ3v) is 5.32. The highest BCUT2D eigenvalue weighted by Crippen LogP contribution is 2.34. The van der Waals surface area contributed by atoms with Crippen molar-refractivity contribution in [1.29, 1.82) is 0 Å². The fraction of sp³-hybridized carbons (Fsp3) is 0.600. The van der Waals surface area contributed by atoms with Crippen LogP contribution in [0.3, 0.4) is 0 Å². The normalized spacial score (nSPS) is 20.1. The topological polar surface area (TPSA) is 71.1 Å². The lowest BCUT2D eigenvalue weighted by Gasteiger charge is -2.19. The van der Waals surface area contributed by atoms with Gasteiger partial charge in [0.15, 0.2) is 11.5 Å². The van der Waals surface area contributed by atoms with Gasteiger partial charge >= 0.3 is 0 Å². The summed E-state index contributed by atoms with van der Waals surface area (Å²) in [4.78, 5) is 28.9. The van der Waals surface area contributed by atoms with Gasteiger partial charge in [0.25, 0.3) is 0 Å². The number of likely N-dealkylation sites (tertiary alicyclic amines) is 1. The molecule has 7 nitrogen and oxygen atoms in total. The first kappa shape index (κ1) is 19.5. The number of anilines is 1. The minimum atomic E-state index is -0.308. The largest absolute Gasteiger partial charge is 0.493 e. The molecule has 2 heterocycles. The van der Waals surface area contributed by atoms with Crippen LogP contribution in [0.25, 0.3) is 0 Å². The Morgan fingerprint density at radius 2 is 1.93 bits per heavy atom. The number of nitrogens with zero attached hydrogens (tertiary/aromatic N) is 2. The minimum Gasteiger partial charge on any atom is -0.493 e. The number of methoxy groups -OCH3 is 2. The molecule has 0 saturated carbocycles. The first-order chi connectivity index (χ1) is 13.1. The lowest BCUT2D eigenvalue weighted by atomic mass is 10.1. The fourth-order valence-corrected chi connectivity index (χ4v) is 3.79. The van der Waals surface area contributed by atoms with Gasteiger partial charge in [-0.25, -0.2) is 0 Å². The summed E-state index contributed by atoms with van der Waals surface area (Å²) in [6.07, 6.45) is 3.75. The Kier molecular flexibility index (Phi) is 6.55. The molecular weight excluding hydrogens is 346 g/mol. The van der Waals surface area contributed by atoms with E-state index in [1.165, 1.54) is 25.9 Å². The molecule has 3 rings (SSSR count). The van der Waals surface area contributed by atoms with E-state index in [-0.39, 0.29) is 24.2 Å². The molecule has 0 spiro atoms. The van der Waals surface area contributed by atoms with Crippen LogP contribution in [0.1, 0.15) is 25.7 Å². The molecule has 0 aliphatic carbocycles. The molecule has 0 aromatic heterocycles. The van der Waals surface area contributed by atoms with Gasteiger partial charge in [-0.05, 0) is 51.0 Å². The summed E-state index contributed by atoms with van der Waals surface area (Å²) in [6.45, 7) is 4.43. The second-order valence-electron chi connectivity index (χ2n) is 7.14. The molecule has 1 N–H and O–H groups in total. The summed E-state index contributed by atoms with van der Waals surface area (Å²) in [5.41, 5.74) is 0.724. The van der Waals surface area contributed by atoms with Crippen LogP contribution in [0.5, 0.6) is 11.5 Å².